The summed E-state index contributed by atoms with van der Waals surface area (Å²) < 4.78 is 1.37. The maximum absolute atomic E-state index is 2.47. The molecule has 10 rings (SSSR count). The van der Waals surface area contributed by atoms with E-state index in [4.69, 9.17) is 0 Å². The SMILES string of the molecule is C1=CC(c2ccc(-c3ccc(N(C4=Cc5sc6ccccc6c5CC4)c4ccc(-c5cccc(-c6ccc7ccccc7c6)c5)cc4)cc3)cc2)=CCC1. The van der Waals surface area contributed by atoms with Crippen molar-refractivity contribution in [3.8, 4) is 33.4 Å². The van der Waals surface area contributed by atoms with E-state index in [1.54, 1.807) is 0 Å². The number of rotatable bonds is 7. The molecule has 2 aliphatic carbocycles. The van der Waals surface area contributed by atoms with Crippen LogP contribution in [-0.2, 0) is 6.42 Å². The predicted molar refractivity (Wildman–Crippen MR) is 233 cm³/mol. The van der Waals surface area contributed by atoms with Gasteiger partial charge in [-0.25, -0.2) is 0 Å². The van der Waals surface area contributed by atoms with Gasteiger partial charge >= 0.3 is 0 Å². The van der Waals surface area contributed by atoms with Gasteiger partial charge in [0.2, 0.25) is 0 Å². The minimum Gasteiger partial charge on any atom is -0.314 e. The maximum atomic E-state index is 2.47. The first-order chi connectivity index (χ1) is 26.7. The first kappa shape index (κ1) is 32.4. The molecule has 0 unspecified atom stereocenters. The van der Waals surface area contributed by atoms with Crippen LogP contribution < -0.4 is 4.90 Å². The summed E-state index contributed by atoms with van der Waals surface area (Å²) in [6, 6.07) is 60.4. The summed E-state index contributed by atoms with van der Waals surface area (Å²) in [7, 11) is 0. The number of thiophene rings is 1. The highest BCUT2D eigenvalue weighted by molar-refractivity contribution is 7.20. The van der Waals surface area contributed by atoms with Gasteiger partial charge in [0.15, 0.2) is 0 Å². The number of fused-ring (bicyclic) bond motifs is 4. The van der Waals surface area contributed by atoms with E-state index in [1.807, 2.05) is 11.3 Å². The highest BCUT2D eigenvalue weighted by Gasteiger charge is 2.22. The molecule has 1 aromatic heterocycles. The molecule has 54 heavy (non-hydrogen) atoms. The second-order valence-electron chi connectivity index (χ2n) is 14.4. The molecule has 0 aliphatic heterocycles. The predicted octanol–water partition coefficient (Wildman–Crippen LogP) is 14.9. The highest BCUT2D eigenvalue weighted by atomic mass is 32.1. The average Bonchev–Trinajstić information content (AvgIpc) is 3.63. The fraction of sp³-hybridized carbons (Fsp3) is 0.0769. The van der Waals surface area contributed by atoms with Crippen LogP contribution in [-0.4, -0.2) is 0 Å². The van der Waals surface area contributed by atoms with Crippen LogP contribution in [0.2, 0.25) is 0 Å². The Kier molecular flexibility index (Phi) is 8.39. The Morgan fingerprint density at radius 3 is 1.81 bits per heavy atom. The number of benzene rings is 7. The zero-order valence-corrected chi connectivity index (χ0v) is 30.9. The van der Waals surface area contributed by atoms with Gasteiger partial charge in [-0.1, -0.05) is 140 Å². The number of hydrogen-bond acceptors (Lipinski definition) is 2. The molecule has 0 spiro atoms. The molecular weight excluding hydrogens is 671 g/mol. The van der Waals surface area contributed by atoms with Crippen molar-refractivity contribution in [2.45, 2.75) is 25.7 Å². The number of aryl methyl sites for hydroxylation is 1. The average molecular weight is 710 g/mol. The third kappa shape index (κ3) is 6.19. The first-order valence-corrected chi connectivity index (χ1v) is 19.8. The fourth-order valence-electron chi connectivity index (χ4n) is 8.16. The van der Waals surface area contributed by atoms with Crippen molar-refractivity contribution in [1.29, 1.82) is 0 Å². The summed E-state index contributed by atoms with van der Waals surface area (Å²) in [6.45, 7) is 0. The normalized spacial score (nSPS) is 13.8. The van der Waals surface area contributed by atoms with E-state index >= 15 is 0 Å². The smallest absolute Gasteiger partial charge is 0.0458 e. The van der Waals surface area contributed by atoms with Crippen molar-refractivity contribution in [3.63, 3.8) is 0 Å². The topological polar surface area (TPSA) is 3.24 Å². The van der Waals surface area contributed by atoms with Crippen LogP contribution in [0.15, 0.2) is 188 Å². The van der Waals surface area contributed by atoms with Gasteiger partial charge in [-0.2, -0.15) is 0 Å². The fourth-order valence-corrected chi connectivity index (χ4v) is 9.38. The van der Waals surface area contributed by atoms with Crippen molar-refractivity contribution in [2.24, 2.45) is 0 Å². The molecule has 0 atom stereocenters. The molecule has 0 saturated heterocycles. The summed E-state index contributed by atoms with van der Waals surface area (Å²) in [6.07, 6.45) is 13.6. The van der Waals surface area contributed by atoms with Gasteiger partial charge in [0.05, 0.1) is 0 Å². The first-order valence-electron chi connectivity index (χ1n) is 19.0. The minimum atomic E-state index is 0.983. The van der Waals surface area contributed by atoms with Crippen molar-refractivity contribution in [1.82, 2.24) is 0 Å². The van der Waals surface area contributed by atoms with Crippen molar-refractivity contribution >= 4 is 55.2 Å². The van der Waals surface area contributed by atoms with Gasteiger partial charge < -0.3 is 4.90 Å². The van der Waals surface area contributed by atoms with Crippen LogP contribution in [0.4, 0.5) is 11.4 Å². The zero-order chi connectivity index (χ0) is 35.8. The largest absolute Gasteiger partial charge is 0.314 e. The van der Waals surface area contributed by atoms with Gasteiger partial charge in [0, 0.05) is 26.6 Å². The van der Waals surface area contributed by atoms with Crippen LogP contribution in [0.1, 0.15) is 35.3 Å². The summed E-state index contributed by atoms with van der Waals surface area (Å²) in [4.78, 5) is 3.85. The Morgan fingerprint density at radius 2 is 1.07 bits per heavy atom. The van der Waals surface area contributed by atoms with E-state index in [0.29, 0.717) is 0 Å². The van der Waals surface area contributed by atoms with Crippen LogP contribution >= 0.6 is 11.3 Å². The molecule has 0 radical (unpaired) electrons. The van der Waals surface area contributed by atoms with Crippen LogP contribution in [0.25, 0.3) is 65.9 Å². The molecule has 0 N–H and O–H groups in total. The summed E-state index contributed by atoms with van der Waals surface area (Å²) in [5.41, 5.74) is 15.1. The lowest BCUT2D eigenvalue weighted by Crippen LogP contribution is -2.18. The van der Waals surface area contributed by atoms with E-state index in [9.17, 15) is 0 Å². The van der Waals surface area contributed by atoms with Crippen molar-refractivity contribution in [2.75, 3.05) is 4.90 Å². The zero-order valence-electron chi connectivity index (χ0n) is 30.1. The molecule has 0 fully saturated rings. The summed E-state index contributed by atoms with van der Waals surface area (Å²) in [5.74, 6) is 0. The second kappa shape index (κ2) is 14.0. The number of allylic oxidation sites excluding steroid dienone is 5. The lowest BCUT2D eigenvalue weighted by molar-refractivity contribution is 0.906. The summed E-state index contributed by atoms with van der Waals surface area (Å²) in [5, 5.41) is 3.94. The monoisotopic (exact) mass is 709 g/mol. The lowest BCUT2D eigenvalue weighted by atomic mass is 9.96. The van der Waals surface area contributed by atoms with Gasteiger partial charge in [-0.05, 0) is 140 Å². The Labute approximate surface area is 321 Å². The number of anilines is 2. The Morgan fingerprint density at radius 1 is 0.463 bits per heavy atom. The Hall–Kier alpha value is -6.22. The number of hydrogen-bond donors (Lipinski definition) is 0. The van der Waals surface area contributed by atoms with E-state index < -0.39 is 0 Å². The van der Waals surface area contributed by atoms with Crippen LogP contribution in [0.3, 0.4) is 0 Å². The maximum Gasteiger partial charge on any atom is 0.0458 e. The third-order valence-electron chi connectivity index (χ3n) is 11.0. The van der Waals surface area contributed by atoms with E-state index in [-0.39, 0.29) is 0 Å². The molecule has 8 aromatic rings. The summed E-state index contributed by atoms with van der Waals surface area (Å²) >= 11 is 1.91. The van der Waals surface area contributed by atoms with E-state index in [2.05, 4.69) is 193 Å². The molecule has 1 heterocycles. The van der Waals surface area contributed by atoms with Crippen LogP contribution in [0, 0.1) is 0 Å². The molecule has 2 aliphatic rings. The Bertz CT molecular complexity index is 2740. The van der Waals surface area contributed by atoms with Gasteiger partial charge in [-0.15, -0.1) is 11.3 Å². The van der Waals surface area contributed by atoms with Crippen molar-refractivity contribution < 1.29 is 0 Å². The molecule has 7 aromatic carbocycles. The number of nitrogens with zero attached hydrogens (tertiary/aromatic N) is 1. The van der Waals surface area contributed by atoms with E-state index in [0.717, 1.165) is 25.7 Å². The molecule has 0 amide bonds. The lowest BCUT2D eigenvalue weighted by Gasteiger charge is -2.30. The van der Waals surface area contributed by atoms with Crippen LogP contribution in [0.5, 0.6) is 0 Å². The molecule has 258 valence electrons. The molecule has 1 nitrogen and oxygen atoms in total. The van der Waals surface area contributed by atoms with E-state index in [1.165, 1.54) is 92.9 Å². The van der Waals surface area contributed by atoms with Crippen molar-refractivity contribution in [3.05, 3.63) is 204 Å². The second-order valence-corrected chi connectivity index (χ2v) is 15.4. The molecular formula is C52H39NS. The standard InChI is InChI=1S/C52H39NS/c1-2-9-36(10-3-1)38-17-19-39(20-18-38)40-23-27-46(28-24-40)53(48-31-32-50-49-15-6-7-16-51(49)54-52(50)35-48)47-29-25-41(26-30-47)43-13-8-14-44(33-43)45-22-21-37-11-4-5-12-42(37)34-45/h2,4-30,33-35H,1,3,31-32H2. The molecule has 0 bridgehead atoms. The molecule has 2 heteroatoms. The minimum absolute atomic E-state index is 0.983. The van der Waals surface area contributed by atoms with Gasteiger partial charge in [0.25, 0.3) is 0 Å². The Balaban J connectivity index is 0.989. The third-order valence-corrected chi connectivity index (χ3v) is 12.2. The van der Waals surface area contributed by atoms with Gasteiger partial charge in [-0.3, -0.25) is 0 Å². The quantitative estimate of drug-likeness (QED) is 0.159. The van der Waals surface area contributed by atoms with Gasteiger partial charge in [0.1, 0.15) is 0 Å². The molecule has 0 saturated carbocycles. The highest BCUT2D eigenvalue weighted by Crippen LogP contribution is 2.42.